The van der Waals surface area contributed by atoms with E-state index in [0.717, 1.165) is 34.4 Å². The van der Waals surface area contributed by atoms with Crippen LogP contribution in [0.25, 0.3) is 11.1 Å². The highest BCUT2D eigenvalue weighted by molar-refractivity contribution is 5.85. The van der Waals surface area contributed by atoms with Crippen LogP contribution in [0.4, 0.5) is 26.3 Å². The van der Waals surface area contributed by atoms with Crippen molar-refractivity contribution in [1.29, 1.82) is 0 Å². The molecule has 4 rings (SSSR count). The number of hydrogen-bond acceptors (Lipinski definition) is 3. The maximum atomic E-state index is 13.4. The second-order valence-electron chi connectivity index (χ2n) is 8.34. The van der Waals surface area contributed by atoms with Crippen LogP contribution in [-0.4, -0.2) is 23.0 Å². The number of nitrogens with zero attached hydrogens (tertiary/aromatic N) is 2. The second kappa shape index (κ2) is 11.3. The average molecular weight is 553 g/mol. The molecule has 1 aromatic heterocycles. The first kappa shape index (κ1) is 29.7. The van der Waals surface area contributed by atoms with Gasteiger partial charge in [-0.2, -0.15) is 26.3 Å². The topological polar surface area (TPSA) is 25.4 Å². The lowest BCUT2D eigenvalue weighted by Crippen LogP contribution is -2.29. The van der Waals surface area contributed by atoms with E-state index in [2.05, 4.69) is 4.98 Å². The fraction of sp³-hybridized carbons (Fsp3) is 0.320. The third-order valence-electron chi connectivity index (χ3n) is 6.00. The molecule has 3 aromatic rings. The lowest BCUT2D eigenvalue weighted by molar-refractivity contribution is -0.143. The molecule has 0 bridgehead atoms. The van der Waals surface area contributed by atoms with Gasteiger partial charge in [0.2, 0.25) is 5.88 Å². The summed E-state index contributed by atoms with van der Waals surface area (Å²) < 4.78 is 86.0. The van der Waals surface area contributed by atoms with Crippen molar-refractivity contribution >= 4 is 24.8 Å². The molecular weight excluding hydrogens is 529 g/mol. The molecule has 0 saturated heterocycles. The molecule has 0 N–H and O–H groups in total. The lowest BCUT2D eigenvalue weighted by atomic mass is 9.97. The molecule has 0 radical (unpaired) electrons. The fourth-order valence-corrected chi connectivity index (χ4v) is 4.06. The molecule has 0 amide bonds. The van der Waals surface area contributed by atoms with E-state index in [0.29, 0.717) is 12.4 Å². The fourth-order valence-electron chi connectivity index (χ4n) is 4.06. The van der Waals surface area contributed by atoms with E-state index < -0.39 is 29.5 Å². The van der Waals surface area contributed by atoms with Gasteiger partial charge in [-0.1, -0.05) is 29.8 Å². The molecule has 1 atom stereocenters. The van der Waals surface area contributed by atoms with Crippen molar-refractivity contribution in [2.75, 3.05) is 13.2 Å². The summed E-state index contributed by atoms with van der Waals surface area (Å²) in [5.41, 5.74) is 0.880. The molecule has 1 aliphatic heterocycles. The average Bonchev–Trinajstić information content (AvgIpc) is 3.00. The van der Waals surface area contributed by atoms with Crippen molar-refractivity contribution < 1.29 is 31.1 Å². The van der Waals surface area contributed by atoms with E-state index in [-0.39, 0.29) is 49.6 Å². The van der Waals surface area contributed by atoms with Gasteiger partial charge in [0.25, 0.3) is 0 Å². The van der Waals surface area contributed by atoms with Crippen molar-refractivity contribution in [1.82, 2.24) is 9.88 Å². The first-order chi connectivity index (χ1) is 15.9. The summed E-state index contributed by atoms with van der Waals surface area (Å²) in [4.78, 5) is 6.10. The predicted octanol–water partition coefficient (Wildman–Crippen LogP) is 7.89. The Morgan fingerprint density at radius 1 is 0.889 bits per heavy atom. The quantitative estimate of drug-likeness (QED) is 0.309. The number of hydrogen-bond donors (Lipinski definition) is 0. The number of aryl methyl sites for hydroxylation is 1. The molecule has 11 heteroatoms. The van der Waals surface area contributed by atoms with Crippen molar-refractivity contribution in [3.05, 3.63) is 82.5 Å². The van der Waals surface area contributed by atoms with Gasteiger partial charge in [0.1, 0.15) is 6.61 Å². The maximum Gasteiger partial charge on any atom is 0.416 e. The lowest BCUT2D eigenvalue weighted by Gasteiger charge is -2.29. The third kappa shape index (κ3) is 6.44. The monoisotopic (exact) mass is 552 g/mol. The normalized spacial score (nSPS) is 15.0. The van der Waals surface area contributed by atoms with E-state index in [1.807, 2.05) is 37.3 Å². The van der Waals surface area contributed by atoms with Gasteiger partial charge in [0, 0.05) is 30.9 Å². The Kier molecular flexibility index (Phi) is 9.31. The van der Waals surface area contributed by atoms with Gasteiger partial charge in [0.05, 0.1) is 11.1 Å². The van der Waals surface area contributed by atoms with Crippen LogP contribution in [0.1, 0.15) is 40.8 Å². The minimum atomic E-state index is -4.90. The van der Waals surface area contributed by atoms with Crippen LogP contribution in [0.3, 0.4) is 0 Å². The van der Waals surface area contributed by atoms with Gasteiger partial charge in [-0.15, -0.1) is 24.8 Å². The highest BCUT2D eigenvalue weighted by atomic mass is 35.5. The van der Waals surface area contributed by atoms with Gasteiger partial charge in [0.15, 0.2) is 0 Å². The van der Waals surface area contributed by atoms with E-state index in [9.17, 15) is 26.3 Å². The summed E-state index contributed by atoms with van der Waals surface area (Å²) in [5, 5.41) is 0. The summed E-state index contributed by atoms with van der Waals surface area (Å²) in [5.74, 6) is 0.410. The Morgan fingerprint density at radius 2 is 1.47 bits per heavy atom. The SMILES string of the molecule is Cc1ccc(-c2ccnc3c2CN(C(C)c2cc(C(F)(F)F)cc(C(F)(F)F)c2)CCO3)cc1.Cl.Cl. The van der Waals surface area contributed by atoms with Gasteiger partial charge in [-0.3, -0.25) is 4.90 Å². The highest BCUT2D eigenvalue weighted by Gasteiger charge is 2.38. The summed E-state index contributed by atoms with van der Waals surface area (Å²) in [7, 11) is 0. The Labute approximate surface area is 217 Å². The Hall–Kier alpha value is -2.49. The van der Waals surface area contributed by atoms with Crippen LogP contribution in [-0.2, 0) is 18.9 Å². The smallest absolute Gasteiger partial charge is 0.416 e. The number of benzene rings is 2. The Balaban J connectivity index is 0.00000228. The van der Waals surface area contributed by atoms with Gasteiger partial charge in [-0.05, 0) is 54.8 Å². The second-order valence-corrected chi connectivity index (χ2v) is 8.34. The molecule has 2 aromatic carbocycles. The van der Waals surface area contributed by atoms with Gasteiger partial charge >= 0.3 is 12.4 Å². The number of pyridine rings is 1. The van der Waals surface area contributed by atoms with E-state index in [1.54, 1.807) is 18.0 Å². The first-order valence-electron chi connectivity index (χ1n) is 10.6. The molecule has 0 spiro atoms. The van der Waals surface area contributed by atoms with Crippen LogP contribution < -0.4 is 4.74 Å². The molecule has 1 aliphatic rings. The molecule has 2 heterocycles. The first-order valence-corrected chi connectivity index (χ1v) is 10.6. The summed E-state index contributed by atoms with van der Waals surface area (Å²) in [6.07, 6.45) is -8.17. The van der Waals surface area contributed by atoms with Crippen LogP contribution in [0, 0.1) is 6.92 Å². The van der Waals surface area contributed by atoms with Gasteiger partial charge in [-0.25, -0.2) is 4.98 Å². The van der Waals surface area contributed by atoms with Crippen molar-refractivity contribution in [3.63, 3.8) is 0 Å². The number of alkyl halides is 6. The Bertz CT molecular complexity index is 1150. The molecule has 0 saturated carbocycles. The number of fused-ring (bicyclic) bond motifs is 1. The molecular formula is C25H24Cl2F6N2O. The van der Waals surface area contributed by atoms with Crippen LogP contribution >= 0.6 is 24.8 Å². The predicted molar refractivity (Wildman–Crippen MR) is 130 cm³/mol. The zero-order valence-corrected chi connectivity index (χ0v) is 20.9. The van der Waals surface area contributed by atoms with E-state index >= 15 is 0 Å². The number of aromatic nitrogens is 1. The number of rotatable bonds is 3. The summed E-state index contributed by atoms with van der Waals surface area (Å²) >= 11 is 0. The zero-order chi connectivity index (χ0) is 24.7. The molecule has 3 nitrogen and oxygen atoms in total. The molecule has 1 unspecified atom stereocenters. The van der Waals surface area contributed by atoms with Crippen molar-refractivity contribution in [2.24, 2.45) is 0 Å². The summed E-state index contributed by atoms with van der Waals surface area (Å²) in [6.45, 7) is 4.33. The largest absolute Gasteiger partial charge is 0.476 e. The van der Waals surface area contributed by atoms with Crippen LogP contribution in [0.5, 0.6) is 5.88 Å². The number of ether oxygens (including phenoxy) is 1. The molecule has 196 valence electrons. The van der Waals surface area contributed by atoms with Crippen LogP contribution in [0.15, 0.2) is 54.7 Å². The number of halogens is 8. The summed E-state index contributed by atoms with van der Waals surface area (Å²) in [6, 6.07) is 10.6. The highest BCUT2D eigenvalue weighted by Crippen LogP contribution is 2.39. The molecule has 36 heavy (non-hydrogen) atoms. The molecule has 0 aliphatic carbocycles. The molecule has 0 fully saturated rings. The standard InChI is InChI=1S/C25H22F6N2O.2ClH/c1-15-3-5-17(6-4-15)21-7-8-32-23-22(21)14-33(9-10-34-23)16(2)18-11-19(24(26,27)28)13-20(12-18)25(29,30)31;;/h3-8,11-13,16H,9-10,14H2,1-2H3;2*1H. The van der Waals surface area contributed by atoms with Crippen molar-refractivity contribution in [2.45, 2.75) is 38.8 Å². The van der Waals surface area contributed by atoms with Crippen molar-refractivity contribution in [3.8, 4) is 17.0 Å². The van der Waals surface area contributed by atoms with Gasteiger partial charge < -0.3 is 4.74 Å². The minimum absolute atomic E-state index is 0. The van der Waals surface area contributed by atoms with E-state index in [1.165, 1.54) is 0 Å². The minimum Gasteiger partial charge on any atom is -0.476 e. The zero-order valence-electron chi connectivity index (χ0n) is 19.3. The maximum absolute atomic E-state index is 13.4. The van der Waals surface area contributed by atoms with E-state index in [4.69, 9.17) is 4.74 Å². The third-order valence-corrected chi connectivity index (χ3v) is 6.00. The Morgan fingerprint density at radius 3 is 2.03 bits per heavy atom. The van der Waals surface area contributed by atoms with Crippen LogP contribution in [0.2, 0.25) is 0 Å².